The fourth-order valence-electron chi connectivity index (χ4n) is 2.64. The van der Waals surface area contributed by atoms with Crippen LogP contribution in [0.5, 0.6) is 0 Å². The van der Waals surface area contributed by atoms with Crippen LogP contribution in [0.4, 0.5) is 5.69 Å². The first-order valence-electron chi connectivity index (χ1n) is 6.69. The number of likely N-dealkylation sites (tertiary alicyclic amines) is 1. The van der Waals surface area contributed by atoms with E-state index in [0.717, 1.165) is 25.9 Å². The predicted octanol–water partition coefficient (Wildman–Crippen LogP) is 2.92. The van der Waals surface area contributed by atoms with Crippen molar-refractivity contribution >= 4 is 11.6 Å². The highest BCUT2D eigenvalue weighted by Crippen LogP contribution is 2.33. The molecule has 0 bridgehead atoms. The van der Waals surface area contributed by atoms with E-state index >= 15 is 0 Å². The molecule has 18 heavy (non-hydrogen) atoms. The first kappa shape index (κ1) is 12.9. The summed E-state index contributed by atoms with van der Waals surface area (Å²) in [5.74, 6) is 0.0764. The predicted molar refractivity (Wildman–Crippen MR) is 74.4 cm³/mol. The second-order valence-corrected chi connectivity index (χ2v) is 5.58. The van der Waals surface area contributed by atoms with Gasteiger partial charge in [0.15, 0.2) is 0 Å². The molecule has 2 rings (SSSR count). The Kier molecular flexibility index (Phi) is 3.60. The van der Waals surface area contributed by atoms with Crippen LogP contribution in [0.25, 0.3) is 0 Å². The summed E-state index contributed by atoms with van der Waals surface area (Å²) >= 11 is 0. The van der Waals surface area contributed by atoms with Crippen LogP contribution in [0.2, 0.25) is 0 Å². The Labute approximate surface area is 109 Å². The minimum atomic E-state index is 0.0764. The molecule has 0 saturated carbocycles. The van der Waals surface area contributed by atoms with Crippen molar-refractivity contribution in [3.63, 3.8) is 0 Å². The number of amides is 1. The first-order chi connectivity index (χ1) is 8.56. The maximum absolute atomic E-state index is 12.5. The van der Waals surface area contributed by atoms with Crippen molar-refractivity contribution in [2.75, 3.05) is 18.8 Å². The lowest BCUT2D eigenvalue weighted by Crippen LogP contribution is -2.44. The Morgan fingerprint density at radius 1 is 1.44 bits per heavy atom. The second kappa shape index (κ2) is 5.01. The van der Waals surface area contributed by atoms with E-state index in [1.54, 1.807) is 6.07 Å². The van der Waals surface area contributed by atoms with Gasteiger partial charge in [-0.2, -0.15) is 0 Å². The lowest BCUT2D eigenvalue weighted by Gasteiger charge is -2.40. The van der Waals surface area contributed by atoms with Crippen LogP contribution in [0.1, 0.15) is 43.5 Å². The summed E-state index contributed by atoms with van der Waals surface area (Å²) in [4.78, 5) is 14.4. The number of hydrogen-bond acceptors (Lipinski definition) is 2. The summed E-state index contributed by atoms with van der Waals surface area (Å²) in [6, 6.07) is 7.33. The molecule has 1 aliphatic heterocycles. The average molecular weight is 246 g/mol. The van der Waals surface area contributed by atoms with E-state index in [-0.39, 0.29) is 11.3 Å². The van der Waals surface area contributed by atoms with Crippen LogP contribution in [-0.4, -0.2) is 23.9 Å². The van der Waals surface area contributed by atoms with Crippen molar-refractivity contribution in [2.24, 2.45) is 5.41 Å². The largest absolute Gasteiger partial charge is 0.398 e. The quantitative estimate of drug-likeness (QED) is 0.815. The van der Waals surface area contributed by atoms with Crippen LogP contribution in [0.3, 0.4) is 0 Å². The van der Waals surface area contributed by atoms with E-state index in [4.69, 9.17) is 5.73 Å². The Hall–Kier alpha value is -1.51. The normalized spacial score (nSPS) is 24.0. The Bertz CT molecular complexity index is 444. The first-order valence-corrected chi connectivity index (χ1v) is 6.69. The zero-order valence-corrected chi connectivity index (χ0v) is 11.3. The number of carbonyl (C=O) groups is 1. The van der Waals surface area contributed by atoms with Gasteiger partial charge in [0.1, 0.15) is 0 Å². The molecular weight excluding hydrogens is 224 g/mol. The SMILES string of the molecule is CCC1(C)CCCN(C(=O)c2ccccc2N)C1. The molecule has 0 radical (unpaired) electrons. The molecule has 98 valence electrons. The van der Waals surface area contributed by atoms with Gasteiger partial charge in [0.25, 0.3) is 5.91 Å². The maximum Gasteiger partial charge on any atom is 0.255 e. The van der Waals surface area contributed by atoms with Crippen LogP contribution < -0.4 is 5.73 Å². The number of anilines is 1. The summed E-state index contributed by atoms with van der Waals surface area (Å²) < 4.78 is 0. The summed E-state index contributed by atoms with van der Waals surface area (Å²) in [5, 5.41) is 0. The smallest absolute Gasteiger partial charge is 0.255 e. The lowest BCUT2D eigenvalue weighted by molar-refractivity contribution is 0.0544. The molecule has 1 atom stereocenters. The summed E-state index contributed by atoms with van der Waals surface area (Å²) in [6.45, 7) is 6.16. The fourth-order valence-corrected chi connectivity index (χ4v) is 2.64. The molecule has 1 heterocycles. The zero-order valence-electron chi connectivity index (χ0n) is 11.3. The van der Waals surface area contributed by atoms with Crippen molar-refractivity contribution in [2.45, 2.75) is 33.1 Å². The van der Waals surface area contributed by atoms with E-state index in [0.29, 0.717) is 11.3 Å². The molecule has 1 saturated heterocycles. The molecule has 0 aromatic heterocycles. The third kappa shape index (κ3) is 2.50. The summed E-state index contributed by atoms with van der Waals surface area (Å²) in [6.07, 6.45) is 3.40. The molecule has 0 spiro atoms. The second-order valence-electron chi connectivity index (χ2n) is 5.58. The fraction of sp³-hybridized carbons (Fsp3) is 0.533. The summed E-state index contributed by atoms with van der Waals surface area (Å²) in [7, 11) is 0. The Balaban J connectivity index is 2.17. The molecule has 0 aliphatic carbocycles. The number of piperidine rings is 1. The van der Waals surface area contributed by atoms with E-state index in [2.05, 4.69) is 13.8 Å². The highest BCUT2D eigenvalue weighted by atomic mass is 16.2. The van der Waals surface area contributed by atoms with Gasteiger partial charge in [-0.3, -0.25) is 4.79 Å². The van der Waals surface area contributed by atoms with Gasteiger partial charge in [-0.1, -0.05) is 26.0 Å². The number of nitrogen functional groups attached to an aromatic ring is 1. The number of carbonyl (C=O) groups excluding carboxylic acids is 1. The molecule has 1 unspecified atom stereocenters. The number of nitrogens with two attached hydrogens (primary N) is 1. The average Bonchev–Trinajstić information content (AvgIpc) is 2.39. The Morgan fingerprint density at radius 3 is 2.83 bits per heavy atom. The minimum Gasteiger partial charge on any atom is -0.398 e. The highest BCUT2D eigenvalue weighted by Gasteiger charge is 2.32. The van der Waals surface area contributed by atoms with Crippen LogP contribution in [0, 0.1) is 5.41 Å². The molecule has 3 nitrogen and oxygen atoms in total. The number of hydrogen-bond donors (Lipinski definition) is 1. The van der Waals surface area contributed by atoms with Gasteiger partial charge in [-0.15, -0.1) is 0 Å². The monoisotopic (exact) mass is 246 g/mol. The minimum absolute atomic E-state index is 0.0764. The third-order valence-corrected chi connectivity index (χ3v) is 4.11. The van der Waals surface area contributed by atoms with Crippen molar-refractivity contribution in [3.05, 3.63) is 29.8 Å². The van der Waals surface area contributed by atoms with Crippen LogP contribution in [0.15, 0.2) is 24.3 Å². The molecule has 1 fully saturated rings. The third-order valence-electron chi connectivity index (χ3n) is 4.11. The Morgan fingerprint density at radius 2 is 2.17 bits per heavy atom. The maximum atomic E-state index is 12.5. The lowest BCUT2D eigenvalue weighted by atomic mass is 9.79. The van der Waals surface area contributed by atoms with Crippen molar-refractivity contribution in [3.8, 4) is 0 Å². The van der Waals surface area contributed by atoms with Gasteiger partial charge in [-0.25, -0.2) is 0 Å². The van der Waals surface area contributed by atoms with Gasteiger partial charge in [-0.05, 0) is 36.8 Å². The van der Waals surface area contributed by atoms with Crippen molar-refractivity contribution < 1.29 is 4.79 Å². The van der Waals surface area contributed by atoms with E-state index in [1.807, 2.05) is 23.1 Å². The molecule has 3 heteroatoms. The van der Waals surface area contributed by atoms with Gasteiger partial charge in [0, 0.05) is 18.8 Å². The van der Waals surface area contributed by atoms with E-state index < -0.39 is 0 Å². The summed E-state index contributed by atoms with van der Waals surface area (Å²) in [5.41, 5.74) is 7.35. The number of para-hydroxylation sites is 1. The molecule has 1 amide bonds. The van der Waals surface area contributed by atoms with Crippen LogP contribution in [-0.2, 0) is 0 Å². The molecule has 1 aromatic carbocycles. The molecule has 1 aromatic rings. The standard InChI is InChI=1S/C15H22N2O/c1-3-15(2)9-6-10-17(11-15)14(18)12-7-4-5-8-13(12)16/h4-5,7-8H,3,6,9-11,16H2,1-2H3. The number of nitrogens with zero attached hydrogens (tertiary/aromatic N) is 1. The number of benzene rings is 1. The topological polar surface area (TPSA) is 46.3 Å². The molecule has 1 aliphatic rings. The molecular formula is C15H22N2O. The molecule has 2 N–H and O–H groups in total. The van der Waals surface area contributed by atoms with Crippen LogP contribution >= 0.6 is 0 Å². The highest BCUT2D eigenvalue weighted by molar-refractivity contribution is 5.99. The van der Waals surface area contributed by atoms with Gasteiger partial charge in [0.2, 0.25) is 0 Å². The van der Waals surface area contributed by atoms with Crippen molar-refractivity contribution in [1.82, 2.24) is 4.90 Å². The van der Waals surface area contributed by atoms with Crippen molar-refractivity contribution in [1.29, 1.82) is 0 Å². The van der Waals surface area contributed by atoms with Gasteiger partial charge >= 0.3 is 0 Å². The van der Waals surface area contributed by atoms with E-state index in [9.17, 15) is 4.79 Å². The van der Waals surface area contributed by atoms with Gasteiger partial charge in [0.05, 0.1) is 5.56 Å². The number of rotatable bonds is 2. The zero-order chi connectivity index (χ0) is 13.2. The van der Waals surface area contributed by atoms with E-state index in [1.165, 1.54) is 6.42 Å². The van der Waals surface area contributed by atoms with Gasteiger partial charge < -0.3 is 10.6 Å².